The fourth-order valence-corrected chi connectivity index (χ4v) is 3.43. The summed E-state index contributed by atoms with van der Waals surface area (Å²) in [6, 6.07) is 16.7. The molecule has 7 heteroatoms. The Hall–Kier alpha value is -2.73. The van der Waals surface area contributed by atoms with Crippen LogP contribution in [-0.2, 0) is 0 Å². The predicted octanol–water partition coefficient (Wildman–Crippen LogP) is 2.89. The highest BCUT2D eigenvalue weighted by molar-refractivity contribution is 5.98. The number of rotatable bonds is 6. The Morgan fingerprint density at radius 1 is 0.690 bits per heavy atom. The molecule has 2 aromatic carbocycles. The summed E-state index contributed by atoms with van der Waals surface area (Å²) in [7, 11) is 0. The number of hydrogen-bond acceptors (Lipinski definition) is 4. The van der Waals surface area contributed by atoms with Crippen LogP contribution in [0.5, 0.6) is 0 Å². The number of aliphatic imine (C=N–C) groups is 2. The molecule has 1 aliphatic rings. The van der Waals surface area contributed by atoms with Gasteiger partial charge in [0, 0.05) is 61.8 Å². The van der Waals surface area contributed by atoms with Gasteiger partial charge in [0.25, 0.3) is 0 Å². The Morgan fingerprint density at radius 3 is 1.28 bits per heavy atom. The third kappa shape index (κ3) is 5.64. The Labute approximate surface area is 179 Å². The van der Waals surface area contributed by atoms with E-state index in [-0.39, 0.29) is 12.4 Å². The van der Waals surface area contributed by atoms with E-state index >= 15 is 0 Å². The molecule has 0 unspecified atom stereocenters. The molecule has 1 aliphatic heterocycles. The van der Waals surface area contributed by atoms with Crippen molar-refractivity contribution in [3.05, 3.63) is 59.7 Å². The topological polar surface area (TPSA) is 83.2 Å². The zero-order valence-electron chi connectivity index (χ0n) is 17.2. The van der Waals surface area contributed by atoms with Crippen molar-refractivity contribution in [3.8, 4) is 0 Å². The molecule has 0 bridgehead atoms. The van der Waals surface area contributed by atoms with E-state index in [9.17, 15) is 0 Å². The quantitative estimate of drug-likeness (QED) is 0.562. The van der Waals surface area contributed by atoms with Gasteiger partial charge in [0.1, 0.15) is 11.7 Å². The Morgan fingerprint density at radius 2 is 1.00 bits per heavy atom. The van der Waals surface area contributed by atoms with Gasteiger partial charge in [0.15, 0.2) is 0 Å². The van der Waals surface area contributed by atoms with Crippen molar-refractivity contribution >= 4 is 35.5 Å². The fourth-order valence-electron chi connectivity index (χ4n) is 3.43. The molecule has 0 aromatic heterocycles. The summed E-state index contributed by atoms with van der Waals surface area (Å²) in [5, 5.41) is 0. The van der Waals surface area contributed by atoms with E-state index in [0.717, 1.165) is 37.3 Å². The highest BCUT2D eigenvalue weighted by Gasteiger charge is 2.17. The normalized spacial score (nSPS) is 15.2. The maximum absolute atomic E-state index is 5.98. The highest BCUT2D eigenvalue weighted by Crippen LogP contribution is 2.21. The number of benzene rings is 2. The molecule has 156 valence electrons. The number of nitrogens with two attached hydrogens (primary N) is 2. The third-order valence-electron chi connectivity index (χ3n) is 4.99. The summed E-state index contributed by atoms with van der Waals surface area (Å²) in [5.74, 6) is 1.21. The van der Waals surface area contributed by atoms with Crippen LogP contribution >= 0.6 is 12.4 Å². The van der Waals surface area contributed by atoms with Crippen molar-refractivity contribution in [1.29, 1.82) is 0 Å². The highest BCUT2D eigenvalue weighted by atomic mass is 35.5. The zero-order valence-corrected chi connectivity index (χ0v) is 18.0. The van der Waals surface area contributed by atoms with E-state index in [1.165, 1.54) is 11.4 Å². The SMILES string of the molecule is CCN=C(N)c1ccc(N2CCN(c3ccc(C(N)=NCC)cc3)CC2)cc1.Cl. The standard InChI is InChI=1S/C22H30N6.ClH/c1-3-25-21(23)17-5-9-19(10-6-17)27-13-15-28(16-14-27)20-11-7-18(8-12-20)22(24)26-4-2;/h5-12H,3-4,13-16H2,1-2H3,(H2,23,25)(H2,24,26);1H. The minimum absolute atomic E-state index is 0. The summed E-state index contributed by atoms with van der Waals surface area (Å²) in [4.78, 5) is 13.4. The lowest BCUT2D eigenvalue weighted by Crippen LogP contribution is -2.46. The summed E-state index contributed by atoms with van der Waals surface area (Å²) in [5.41, 5.74) is 16.4. The van der Waals surface area contributed by atoms with E-state index in [4.69, 9.17) is 11.5 Å². The average molecular weight is 415 g/mol. The van der Waals surface area contributed by atoms with Crippen LogP contribution in [0.3, 0.4) is 0 Å². The number of hydrogen-bond donors (Lipinski definition) is 2. The van der Waals surface area contributed by atoms with Gasteiger partial charge in [-0.3, -0.25) is 9.98 Å². The Bertz CT molecular complexity index is 750. The molecule has 0 spiro atoms. The molecule has 1 saturated heterocycles. The molecule has 4 N–H and O–H groups in total. The molecule has 1 fully saturated rings. The third-order valence-corrected chi connectivity index (χ3v) is 4.99. The predicted molar refractivity (Wildman–Crippen MR) is 127 cm³/mol. The van der Waals surface area contributed by atoms with Gasteiger partial charge in [-0.15, -0.1) is 12.4 Å². The molecule has 0 saturated carbocycles. The maximum Gasteiger partial charge on any atom is 0.125 e. The van der Waals surface area contributed by atoms with Crippen molar-refractivity contribution in [3.63, 3.8) is 0 Å². The Balaban J connectivity index is 0.00000300. The maximum atomic E-state index is 5.98. The lowest BCUT2D eigenvalue weighted by atomic mass is 10.1. The molecular formula is C22H31ClN6. The van der Waals surface area contributed by atoms with Crippen LogP contribution in [0.1, 0.15) is 25.0 Å². The van der Waals surface area contributed by atoms with Gasteiger partial charge in [-0.1, -0.05) is 0 Å². The minimum Gasteiger partial charge on any atom is -0.384 e. The second-order valence-electron chi connectivity index (χ2n) is 6.79. The smallest absolute Gasteiger partial charge is 0.125 e. The van der Waals surface area contributed by atoms with Gasteiger partial charge in [-0.2, -0.15) is 0 Å². The van der Waals surface area contributed by atoms with Crippen LogP contribution in [0, 0.1) is 0 Å². The Kier molecular flexibility index (Phi) is 8.34. The second kappa shape index (κ2) is 10.7. The lowest BCUT2D eigenvalue weighted by Gasteiger charge is -2.37. The van der Waals surface area contributed by atoms with Crippen LogP contribution in [0.2, 0.25) is 0 Å². The van der Waals surface area contributed by atoms with Crippen LogP contribution in [-0.4, -0.2) is 50.9 Å². The number of amidine groups is 2. The number of piperazine rings is 1. The van der Waals surface area contributed by atoms with Gasteiger partial charge in [0.05, 0.1) is 0 Å². The van der Waals surface area contributed by atoms with Gasteiger partial charge in [0.2, 0.25) is 0 Å². The van der Waals surface area contributed by atoms with Crippen LogP contribution in [0.15, 0.2) is 58.5 Å². The molecule has 0 radical (unpaired) electrons. The largest absolute Gasteiger partial charge is 0.384 e. The summed E-state index contributed by atoms with van der Waals surface area (Å²) < 4.78 is 0. The molecular weight excluding hydrogens is 384 g/mol. The van der Waals surface area contributed by atoms with Crippen LogP contribution < -0.4 is 21.3 Å². The number of nitrogens with zero attached hydrogens (tertiary/aromatic N) is 4. The van der Waals surface area contributed by atoms with E-state index < -0.39 is 0 Å². The van der Waals surface area contributed by atoms with Crippen molar-refractivity contribution in [2.45, 2.75) is 13.8 Å². The zero-order chi connectivity index (χ0) is 19.9. The second-order valence-corrected chi connectivity index (χ2v) is 6.79. The molecule has 3 rings (SSSR count). The van der Waals surface area contributed by atoms with E-state index in [1.807, 2.05) is 13.8 Å². The molecule has 0 amide bonds. The van der Waals surface area contributed by atoms with E-state index in [0.29, 0.717) is 24.8 Å². The molecule has 6 nitrogen and oxygen atoms in total. The fraction of sp³-hybridized carbons (Fsp3) is 0.364. The van der Waals surface area contributed by atoms with Crippen molar-refractivity contribution < 1.29 is 0 Å². The molecule has 0 aliphatic carbocycles. The van der Waals surface area contributed by atoms with Crippen molar-refractivity contribution in [2.24, 2.45) is 21.5 Å². The van der Waals surface area contributed by atoms with Crippen LogP contribution in [0.4, 0.5) is 11.4 Å². The minimum atomic E-state index is 0. The van der Waals surface area contributed by atoms with E-state index in [2.05, 4.69) is 68.3 Å². The molecule has 1 heterocycles. The molecule has 29 heavy (non-hydrogen) atoms. The number of anilines is 2. The first-order chi connectivity index (χ1) is 13.6. The van der Waals surface area contributed by atoms with Gasteiger partial charge < -0.3 is 21.3 Å². The molecule has 2 aromatic rings. The van der Waals surface area contributed by atoms with Gasteiger partial charge in [-0.05, 0) is 62.4 Å². The molecule has 0 atom stereocenters. The first-order valence-electron chi connectivity index (χ1n) is 9.93. The van der Waals surface area contributed by atoms with Crippen LogP contribution in [0.25, 0.3) is 0 Å². The monoisotopic (exact) mass is 414 g/mol. The first-order valence-corrected chi connectivity index (χ1v) is 9.93. The average Bonchev–Trinajstić information content (AvgIpc) is 2.74. The van der Waals surface area contributed by atoms with E-state index in [1.54, 1.807) is 0 Å². The first kappa shape index (κ1) is 22.6. The van der Waals surface area contributed by atoms with Gasteiger partial charge in [-0.25, -0.2) is 0 Å². The summed E-state index contributed by atoms with van der Waals surface area (Å²) in [6.45, 7) is 9.32. The number of halogens is 1. The van der Waals surface area contributed by atoms with Gasteiger partial charge >= 0.3 is 0 Å². The summed E-state index contributed by atoms with van der Waals surface area (Å²) in [6.07, 6.45) is 0. The lowest BCUT2D eigenvalue weighted by molar-refractivity contribution is 0.653. The van der Waals surface area contributed by atoms with Crippen molar-refractivity contribution in [2.75, 3.05) is 49.1 Å². The van der Waals surface area contributed by atoms with Crippen molar-refractivity contribution in [1.82, 2.24) is 0 Å². The summed E-state index contributed by atoms with van der Waals surface area (Å²) >= 11 is 0.